The number of thiophene rings is 2. The molecule has 0 aliphatic heterocycles. The van der Waals surface area contributed by atoms with Crippen molar-refractivity contribution in [2.75, 3.05) is 5.32 Å². The van der Waals surface area contributed by atoms with Crippen LogP contribution in [0.5, 0.6) is 0 Å². The number of carbonyl (C=O) groups excluding carboxylic acids is 1. The van der Waals surface area contributed by atoms with Crippen molar-refractivity contribution < 1.29 is 9.32 Å². The molecule has 138 valence electrons. The smallest absolute Gasteiger partial charge is 0.227 e. The van der Waals surface area contributed by atoms with Gasteiger partial charge in [-0.05, 0) is 17.5 Å². The van der Waals surface area contributed by atoms with E-state index >= 15 is 0 Å². The van der Waals surface area contributed by atoms with Crippen LogP contribution in [0.3, 0.4) is 0 Å². The van der Waals surface area contributed by atoms with E-state index in [-0.39, 0.29) is 12.3 Å². The molecule has 4 rings (SSSR count). The average molecular weight is 457 g/mol. The van der Waals surface area contributed by atoms with Gasteiger partial charge in [0.1, 0.15) is 4.34 Å². The van der Waals surface area contributed by atoms with Gasteiger partial charge in [-0.25, -0.2) is 4.98 Å². The van der Waals surface area contributed by atoms with Crippen molar-refractivity contribution in [3.63, 3.8) is 0 Å². The molecular weight excluding hydrogens is 447 g/mol. The molecule has 0 aromatic carbocycles. The Kier molecular flexibility index (Phi) is 5.55. The third-order valence-electron chi connectivity index (χ3n) is 3.46. The quantitative estimate of drug-likeness (QED) is 0.392. The second-order valence-electron chi connectivity index (χ2n) is 5.31. The van der Waals surface area contributed by atoms with Crippen LogP contribution >= 0.6 is 57.2 Å². The number of hydrogen-bond acceptors (Lipinski definition) is 8. The first-order valence-electron chi connectivity index (χ1n) is 7.65. The average Bonchev–Trinajstić information content (AvgIpc) is 3.40. The molecule has 27 heavy (non-hydrogen) atoms. The summed E-state index contributed by atoms with van der Waals surface area (Å²) in [5, 5.41) is 11.0. The Hall–Kier alpha value is -1.78. The fourth-order valence-corrected chi connectivity index (χ4v) is 5.09. The standard InChI is InChI=1S/C16H10Cl2N4O2S3/c17-11-6-8(14(18)27-11)9-7-26-16(19-9)20-12(23)3-4-13-21-15(22-24-13)10-2-1-5-25-10/h1-2,5-7H,3-4H2,(H,19,20,23). The maximum atomic E-state index is 12.2. The first-order chi connectivity index (χ1) is 13.1. The summed E-state index contributed by atoms with van der Waals surface area (Å²) >= 11 is 16.2. The summed E-state index contributed by atoms with van der Waals surface area (Å²) in [4.78, 5) is 21.8. The molecule has 4 aromatic rings. The van der Waals surface area contributed by atoms with Crippen LogP contribution in [0.4, 0.5) is 5.13 Å². The molecule has 0 fully saturated rings. The topological polar surface area (TPSA) is 80.9 Å². The minimum absolute atomic E-state index is 0.179. The summed E-state index contributed by atoms with van der Waals surface area (Å²) in [5.74, 6) is 0.783. The third kappa shape index (κ3) is 4.39. The molecule has 4 heterocycles. The molecule has 0 aliphatic rings. The maximum Gasteiger partial charge on any atom is 0.227 e. The molecule has 0 saturated heterocycles. The third-order valence-corrected chi connectivity index (χ3v) is 6.57. The number of rotatable bonds is 6. The number of amides is 1. The molecule has 1 amide bonds. The summed E-state index contributed by atoms with van der Waals surface area (Å²) in [6.45, 7) is 0. The van der Waals surface area contributed by atoms with Gasteiger partial charge in [0.05, 0.1) is 14.9 Å². The Bertz CT molecular complexity index is 1070. The van der Waals surface area contributed by atoms with Gasteiger partial charge in [-0.1, -0.05) is 34.4 Å². The van der Waals surface area contributed by atoms with E-state index in [0.717, 1.165) is 10.4 Å². The van der Waals surface area contributed by atoms with Crippen molar-refractivity contribution in [3.8, 4) is 22.0 Å². The predicted octanol–water partition coefficient (Wildman–Crippen LogP) is 5.86. The number of carbonyl (C=O) groups is 1. The molecule has 0 bridgehead atoms. The summed E-state index contributed by atoms with van der Waals surface area (Å²) in [5.41, 5.74) is 1.44. The SMILES string of the molecule is O=C(CCc1nc(-c2cccs2)no1)Nc1nc(-c2cc(Cl)sc2Cl)cs1. The van der Waals surface area contributed by atoms with E-state index < -0.39 is 0 Å². The Labute approximate surface area is 175 Å². The van der Waals surface area contributed by atoms with Gasteiger partial charge in [0.15, 0.2) is 5.13 Å². The molecule has 0 radical (unpaired) electrons. The highest BCUT2D eigenvalue weighted by atomic mass is 35.5. The first-order valence-corrected chi connectivity index (χ1v) is 11.0. The largest absolute Gasteiger partial charge is 0.339 e. The monoisotopic (exact) mass is 456 g/mol. The second-order valence-corrected chi connectivity index (χ2v) is 9.40. The first kappa shape index (κ1) is 18.6. The number of anilines is 1. The molecule has 6 nitrogen and oxygen atoms in total. The Morgan fingerprint density at radius 1 is 1.26 bits per heavy atom. The number of aryl methyl sites for hydroxylation is 1. The van der Waals surface area contributed by atoms with E-state index in [4.69, 9.17) is 27.7 Å². The van der Waals surface area contributed by atoms with Gasteiger partial charge in [-0.2, -0.15) is 4.98 Å². The normalized spacial score (nSPS) is 11.0. The van der Waals surface area contributed by atoms with Crippen molar-refractivity contribution in [1.29, 1.82) is 0 Å². The molecule has 1 N–H and O–H groups in total. The van der Waals surface area contributed by atoms with Crippen molar-refractivity contribution >= 4 is 68.3 Å². The molecule has 0 aliphatic carbocycles. The fraction of sp³-hybridized carbons (Fsp3) is 0.125. The molecule has 0 spiro atoms. The van der Waals surface area contributed by atoms with Crippen LogP contribution in [-0.4, -0.2) is 21.0 Å². The molecule has 11 heteroatoms. The van der Waals surface area contributed by atoms with Crippen LogP contribution in [0.2, 0.25) is 8.67 Å². The van der Waals surface area contributed by atoms with Crippen molar-refractivity contribution in [2.24, 2.45) is 0 Å². The van der Waals surface area contributed by atoms with Crippen LogP contribution in [0, 0.1) is 0 Å². The number of hydrogen-bond donors (Lipinski definition) is 1. The Morgan fingerprint density at radius 3 is 2.89 bits per heavy atom. The van der Waals surface area contributed by atoms with E-state index in [1.165, 1.54) is 34.0 Å². The summed E-state index contributed by atoms with van der Waals surface area (Å²) in [6, 6.07) is 5.60. The van der Waals surface area contributed by atoms with E-state index in [1.54, 1.807) is 6.07 Å². The number of thiazole rings is 1. The van der Waals surface area contributed by atoms with Gasteiger partial charge < -0.3 is 9.84 Å². The number of halogens is 2. The number of aromatic nitrogens is 3. The lowest BCUT2D eigenvalue weighted by molar-refractivity contribution is -0.116. The van der Waals surface area contributed by atoms with Gasteiger partial charge >= 0.3 is 0 Å². The zero-order valence-corrected chi connectivity index (χ0v) is 17.4. The Morgan fingerprint density at radius 2 is 2.15 bits per heavy atom. The van der Waals surface area contributed by atoms with E-state index in [1.807, 2.05) is 22.9 Å². The molecule has 0 atom stereocenters. The van der Waals surface area contributed by atoms with Crippen molar-refractivity contribution in [3.05, 3.63) is 43.5 Å². The van der Waals surface area contributed by atoms with E-state index in [0.29, 0.717) is 37.6 Å². The molecular formula is C16H10Cl2N4O2S3. The summed E-state index contributed by atoms with van der Waals surface area (Å²) in [6.07, 6.45) is 0.570. The predicted molar refractivity (Wildman–Crippen MR) is 110 cm³/mol. The zero-order valence-electron chi connectivity index (χ0n) is 13.4. The molecule has 0 saturated carbocycles. The fourth-order valence-electron chi connectivity index (χ4n) is 2.23. The van der Waals surface area contributed by atoms with Crippen LogP contribution < -0.4 is 5.32 Å². The van der Waals surface area contributed by atoms with Gasteiger partial charge in [-0.15, -0.1) is 34.0 Å². The van der Waals surface area contributed by atoms with Gasteiger partial charge in [0.2, 0.25) is 17.6 Å². The summed E-state index contributed by atoms with van der Waals surface area (Å²) in [7, 11) is 0. The van der Waals surface area contributed by atoms with Crippen molar-refractivity contribution in [2.45, 2.75) is 12.8 Å². The zero-order chi connectivity index (χ0) is 18.8. The van der Waals surface area contributed by atoms with Crippen molar-refractivity contribution in [1.82, 2.24) is 15.1 Å². The van der Waals surface area contributed by atoms with Crippen LogP contribution in [0.15, 0.2) is 33.5 Å². The van der Waals surface area contributed by atoms with Gasteiger partial charge in [0, 0.05) is 23.8 Å². The Balaban J connectivity index is 1.34. The lowest BCUT2D eigenvalue weighted by Gasteiger charge is -1.99. The number of nitrogens with zero attached hydrogens (tertiary/aromatic N) is 3. The van der Waals surface area contributed by atoms with Gasteiger partial charge in [0.25, 0.3) is 0 Å². The second kappa shape index (κ2) is 8.07. The highest BCUT2D eigenvalue weighted by Crippen LogP contribution is 2.39. The maximum absolute atomic E-state index is 12.2. The molecule has 4 aromatic heterocycles. The number of nitrogens with one attached hydrogen (secondary N) is 1. The molecule has 0 unspecified atom stereocenters. The van der Waals surface area contributed by atoms with Gasteiger partial charge in [-0.3, -0.25) is 4.79 Å². The van der Waals surface area contributed by atoms with Crippen LogP contribution in [-0.2, 0) is 11.2 Å². The minimum Gasteiger partial charge on any atom is -0.339 e. The van der Waals surface area contributed by atoms with Crippen LogP contribution in [0.25, 0.3) is 22.0 Å². The van der Waals surface area contributed by atoms with E-state index in [9.17, 15) is 4.79 Å². The minimum atomic E-state index is -0.179. The lowest BCUT2D eigenvalue weighted by atomic mass is 10.3. The highest BCUT2D eigenvalue weighted by molar-refractivity contribution is 7.20. The van der Waals surface area contributed by atoms with E-state index in [2.05, 4.69) is 20.4 Å². The summed E-state index contributed by atoms with van der Waals surface area (Å²) < 4.78 is 6.36. The lowest BCUT2D eigenvalue weighted by Crippen LogP contribution is -2.12. The highest BCUT2D eigenvalue weighted by Gasteiger charge is 2.15. The van der Waals surface area contributed by atoms with Crippen LogP contribution in [0.1, 0.15) is 12.3 Å².